The third kappa shape index (κ3) is 3.65. The molecule has 1 heterocycles. The lowest BCUT2D eigenvalue weighted by Gasteiger charge is -2.55. The van der Waals surface area contributed by atoms with E-state index in [1.807, 2.05) is 12.1 Å². The lowest BCUT2D eigenvalue weighted by Crippen LogP contribution is -2.54. The van der Waals surface area contributed by atoms with E-state index in [1.54, 1.807) is 12.1 Å². The molecule has 0 radical (unpaired) electrons. The summed E-state index contributed by atoms with van der Waals surface area (Å²) in [5, 5.41) is 0. The molecular formula is C22H28O5. The fourth-order valence-electron chi connectivity index (χ4n) is 4.69. The van der Waals surface area contributed by atoms with Crippen LogP contribution in [0.5, 0.6) is 5.75 Å². The molecule has 5 heteroatoms. The van der Waals surface area contributed by atoms with Crippen molar-refractivity contribution in [3.05, 3.63) is 41.5 Å². The monoisotopic (exact) mass is 372 g/mol. The van der Waals surface area contributed by atoms with Crippen molar-refractivity contribution in [1.82, 2.24) is 0 Å². The van der Waals surface area contributed by atoms with Gasteiger partial charge in [0.05, 0.1) is 19.3 Å². The van der Waals surface area contributed by atoms with Gasteiger partial charge in [-0.2, -0.15) is 0 Å². The molecule has 0 unspecified atom stereocenters. The Kier molecular flexibility index (Phi) is 5.43. The van der Waals surface area contributed by atoms with E-state index < -0.39 is 0 Å². The van der Waals surface area contributed by atoms with Gasteiger partial charge in [-0.1, -0.05) is 37.6 Å². The summed E-state index contributed by atoms with van der Waals surface area (Å²) in [4.78, 5) is 22.5. The maximum atomic E-state index is 11.4. The Morgan fingerprint density at radius 1 is 1.15 bits per heavy atom. The Hall–Kier alpha value is -2.14. The van der Waals surface area contributed by atoms with Gasteiger partial charge in [0.2, 0.25) is 0 Å². The van der Waals surface area contributed by atoms with E-state index in [1.165, 1.54) is 19.4 Å². The number of hydrogen-bond acceptors (Lipinski definition) is 5. The summed E-state index contributed by atoms with van der Waals surface area (Å²) < 4.78 is 16.9. The molecule has 2 aliphatic rings. The topological polar surface area (TPSA) is 61.8 Å². The van der Waals surface area contributed by atoms with Crippen molar-refractivity contribution in [3.8, 4) is 5.75 Å². The molecule has 27 heavy (non-hydrogen) atoms. The van der Waals surface area contributed by atoms with Gasteiger partial charge < -0.3 is 14.2 Å². The first-order chi connectivity index (χ1) is 12.7. The maximum absolute atomic E-state index is 11.4. The van der Waals surface area contributed by atoms with Crippen molar-refractivity contribution in [3.63, 3.8) is 0 Å². The smallest absolute Gasteiger partial charge is 0.308 e. The molecule has 1 aromatic carbocycles. The zero-order valence-corrected chi connectivity index (χ0v) is 16.7. The van der Waals surface area contributed by atoms with Crippen molar-refractivity contribution in [2.24, 2.45) is 23.2 Å². The number of rotatable bonds is 4. The average Bonchev–Trinajstić information content (AvgIpc) is 2.59. The quantitative estimate of drug-likeness (QED) is 0.453. The highest BCUT2D eigenvalue weighted by Gasteiger charge is 2.54. The van der Waals surface area contributed by atoms with Crippen molar-refractivity contribution in [1.29, 1.82) is 0 Å². The SMILES string of the molecule is CC(=O)OC[C@]12CO[C@@H](c3ccc(OC(C)=O)cc3)[C@@H](C(C)=C[C@H]1C)[C@@H]2C. The maximum Gasteiger partial charge on any atom is 0.308 e. The van der Waals surface area contributed by atoms with E-state index in [-0.39, 0.29) is 35.3 Å². The van der Waals surface area contributed by atoms with Gasteiger partial charge >= 0.3 is 11.9 Å². The van der Waals surface area contributed by atoms with Crippen LogP contribution in [0.1, 0.15) is 46.3 Å². The minimum Gasteiger partial charge on any atom is -0.465 e. The number of esters is 2. The van der Waals surface area contributed by atoms with Crippen LogP contribution in [-0.2, 0) is 19.1 Å². The number of allylic oxidation sites excluding steroid dienone is 1. The van der Waals surface area contributed by atoms with E-state index in [9.17, 15) is 9.59 Å². The highest BCUT2D eigenvalue weighted by Crippen LogP contribution is 2.56. The van der Waals surface area contributed by atoms with Gasteiger partial charge in [0.1, 0.15) is 5.75 Å². The van der Waals surface area contributed by atoms with Crippen LogP contribution in [0.2, 0.25) is 0 Å². The summed E-state index contributed by atoms with van der Waals surface area (Å²) in [5.41, 5.74) is 2.16. The van der Waals surface area contributed by atoms with Gasteiger partial charge in [0.25, 0.3) is 0 Å². The van der Waals surface area contributed by atoms with Crippen molar-refractivity contribution >= 4 is 11.9 Å². The second-order valence-corrected chi connectivity index (χ2v) is 7.92. The van der Waals surface area contributed by atoms with Crippen LogP contribution in [0.15, 0.2) is 35.9 Å². The van der Waals surface area contributed by atoms with Crippen LogP contribution in [0.3, 0.4) is 0 Å². The van der Waals surface area contributed by atoms with Gasteiger partial charge in [-0.15, -0.1) is 0 Å². The second-order valence-electron chi connectivity index (χ2n) is 7.92. The Labute approximate surface area is 160 Å². The zero-order chi connectivity index (χ0) is 19.8. The van der Waals surface area contributed by atoms with E-state index >= 15 is 0 Å². The molecule has 2 bridgehead atoms. The number of hydrogen-bond donors (Lipinski definition) is 0. The molecule has 1 aromatic rings. The van der Waals surface area contributed by atoms with Crippen molar-refractivity contribution in [2.75, 3.05) is 13.2 Å². The van der Waals surface area contributed by atoms with E-state index in [4.69, 9.17) is 14.2 Å². The fourth-order valence-corrected chi connectivity index (χ4v) is 4.69. The Morgan fingerprint density at radius 3 is 2.41 bits per heavy atom. The van der Waals surface area contributed by atoms with Crippen LogP contribution >= 0.6 is 0 Å². The van der Waals surface area contributed by atoms with Crippen LogP contribution in [0.4, 0.5) is 0 Å². The standard InChI is InChI=1S/C22H28O5/c1-13-10-14(2)22(11-25-16(4)23)12-26-21(20(13)15(22)3)18-6-8-19(9-7-18)27-17(5)24/h6-10,14-15,20-21H,11-12H2,1-5H3/t14-,15+,20+,21+,22+/m1/s1. The molecule has 0 amide bonds. The molecule has 146 valence electrons. The van der Waals surface area contributed by atoms with Crippen molar-refractivity contribution in [2.45, 2.75) is 40.7 Å². The molecule has 0 aromatic heterocycles. The number of benzene rings is 1. The lowest BCUT2D eigenvalue weighted by molar-refractivity contribution is -0.180. The minimum atomic E-state index is -0.333. The normalized spacial score (nSPS) is 32.4. The molecule has 0 spiro atoms. The zero-order valence-electron chi connectivity index (χ0n) is 16.7. The summed E-state index contributed by atoms with van der Waals surface area (Å²) >= 11 is 0. The van der Waals surface area contributed by atoms with Gasteiger partial charge in [-0.25, -0.2) is 0 Å². The fraction of sp³-hybridized carbons (Fsp3) is 0.545. The molecule has 1 saturated heterocycles. The highest BCUT2D eigenvalue weighted by molar-refractivity contribution is 5.69. The lowest BCUT2D eigenvalue weighted by atomic mass is 9.56. The molecule has 5 nitrogen and oxygen atoms in total. The Balaban J connectivity index is 1.88. The summed E-state index contributed by atoms with van der Waals surface area (Å²) in [6.45, 7) is 10.3. The highest BCUT2D eigenvalue weighted by atomic mass is 16.5. The predicted octanol–water partition coefficient (Wildman–Crippen LogP) is 4.08. The number of carbonyl (C=O) groups is 2. The molecule has 0 N–H and O–H groups in total. The largest absolute Gasteiger partial charge is 0.465 e. The minimum absolute atomic E-state index is 0.0689. The molecule has 0 saturated carbocycles. The third-order valence-corrected chi connectivity index (χ3v) is 6.26. The predicted molar refractivity (Wildman–Crippen MR) is 101 cm³/mol. The van der Waals surface area contributed by atoms with E-state index in [2.05, 4.69) is 26.8 Å². The average molecular weight is 372 g/mol. The van der Waals surface area contributed by atoms with E-state index in [0.717, 1.165) is 5.56 Å². The Morgan fingerprint density at radius 2 is 1.81 bits per heavy atom. The Bertz CT molecular complexity index is 750. The van der Waals surface area contributed by atoms with Gasteiger partial charge in [-0.3, -0.25) is 9.59 Å². The number of fused-ring (bicyclic) bond motifs is 2. The summed E-state index contributed by atoms with van der Waals surface area (Å²) in [7, 11) is 0. The van der Waals surface area contributed by atoms with Crippen LogP contribution in [-0.4, -0.2) is 25.2 Å². The molecule has 1 aliphatic carbocycles. The van der Waals surface area contributed by atoms with Crippen LogP contribution in [0, 0.1) is 23.2 Å². The molecule has 3 rings (SSSR count). The summed E-state index contributed by atoms with van der Waals surface area (Å²) in [5.74, 6) is 0.739. The second kappa shape index (κ2) is 7.47. The molecular weight excluding hydrogens is 344 g/mol. The number of ether oxygens (including phenoxy) is 3. The molecule has 5 atom stereocenters. The molecule has 1 fully saturated rings. The number of carbonyl (C=O) groups excluding carboxylic acids is 2. The van der Waals surface area contributed by atoms with Gasteiger partial charge in [-0.05, 0) is 36.5 Å². The first kappa shape index (κ1) is 19.6. The summed E-state index contributed by atoms with van der Waals surface area (Å²) in [6, 6.07) is 7.52. The molecule has 1 aliphatic heterocycles. The van der Waals surface area contributed by atoms with Gasteiger partial charge in [0, 0.05) is 25.2 Å². The van der Waals surface area contributed by atoms with E-state index in [0.29, 0.717) is 24.9 Å². The van der Waals surface area contributed by atoms with Crippen LogP contribution in [0.25, 0.3) is 0 Å². The third-order valence-electron chi connectivity index (χ3n) is 6.26. The summed E-state index contributed by atoms with van der Waals surface area (Å²) in [6.07, 6.45) is 2.23. The van der Waals surface area contributed by atoms with Gasteiger partial charge in [0.15, 0.2) is 0 Å². The van der Waals surface area contributed by atoms with Crippen molar-refractivity contribution < 1.29 is 23.8 Å². The first-order valence-electron chi connectivity index (χ1n) is 9.46. The first-order valence-corrected chi connectivity index (χ1v) is 9.46. The van der Waals surface area contributed by atoms with Crippen LogP contribution < -0.4 is 4.74 Å².